The highest BCUT2D eigenvalue weighted by molar-refractivity contribution is 5.76. The second-order valence-electron chi connectivity index (χ2n) is 4.25. The van der Waals surface area contributed by atoms with E-state index in [1.807, 2.05) is 0 Å². The molecule has 2 aliphatic rings. The Labute approximate surface area is 71.9 Å². The molecule has 0 amide bonds. The standard InChI is InChI=1S/C9H15NO2/c10-7-4-6-2-1-3-9(6,5-7)8(11)12/h6-7H,1-5,10H2,(H,11,12). The highest BCUT2D eigenvalue weighted by Crippen LogP contribution is 2.53. The van der Waals surface area contributed by atoms with E-state index in [1.54, 1.807) is 0 Å². The number of carbonyl (C=O) groups is 1. The molecule has 68 valence electrons. The Morgan fingerprint density at radius 3 is 2.92 bits per heavy atom. The van der Waals surface area contributed by atoms with Gasteiger partial charge < -0.3 is 10.8 Å². The van der Waals surface area contributed by atoms with Crippen LogP contribution in [0.15, 0.2) is 0 Å². The molecule has 3 unspecified atom stereocenters. The third kappa shape index (κ3) is 0.891. The van der Waals surface area contributed by atoms with Gasteiger partial charge in [-0.3, -0.25) is 4.79 Å². The van der Waals surface area contributed by atoms with Crippen molar-refractivity contribution in [2.75, 3.05) is 0 Å². The number of rotatable bonds is 1. The van der Waals surface area contributed by atoms with Crippen LogP contribution in [0.25, 0.3) is 0 Å². The molecule has 0 aromatic carbocycles. The van der Waals surface area contributed by atoms with Crippen molar-refractivity contribution in [3.05, 3.63) is 0 Å². The van der Waals surface area contributed by atoms with Crippen LogP contribution in [0, 0.1) is 11.3 Å². The van der Waals surface area contributed by atoms with Gasteiger partial charge in [0.2, 0.25) is 0 Å². The summed E-state index contributed by atoms with van der Waals surface area (Å²) in [5.41, 5.74) is 5.35. The van der Waals surface area contributed by atoms with E-state index in [4.69, 9.17) is 10.8 Å². The highest BCUT2D eigenvalue weighted by atomic mass is 16.4. The Bertz CT molecular complexity index is 217. The van der Waals surface area contributed by atoms with Gasteiger partial charge in [-0.05, 0) is 31.6 Å². The van der Waals surface area contributed by atoms with E-state index in [-0.39, 0.29) is 6.04 Å². The number of carboxylic acids is 1. The molecule has 0 spiro atoms. The predicted molar refractivity (Wildman–Crippen MR) is 44.6 cm³/mol. The molecule has 2 fully saturated rings. The van der Waals surface area contributed by atoms with Gasteiger partial charge in [-0.15, -0.1) is 0 Å². The van der Waals surface area contributed by atoms with Gasteiger partial charge in [-0.25, -0.2) is 0 Å². The SMILES string of the molecule is NC1CC2CCCC2(C(=O)O)C1. The summed E-state index contributed by atoms with van der Waals surface area (Å²) in [5, 5.41) is 9.14. The molecular weight excluding hydrogens is 154 g/mol. The molecule has 0 aromatic heterocycles. The Morgan fingerprint density at radius 1 is 1.58 bits per heavy atom. The summed E-state index contributed by atoms with van der Waals surface area (Å²) in [4.78, 5) is 11.1. The summed E-state index contributed by atoms with van der Waals surface area (Å²) in [5.74, 6) is -0.247. The van der Waals surface area contributed by atoms with Crippen molar-refractivity contribution in [1.29, 1.82) is 0 Å². The van der Waals surface area contributed by atoms with Crippen LogP contribution >= 0.6 is 0 Å². The second-order valence-corrected chi connectivity index (χ2v) is 4.25. The van der Waals surface area contributed by atoms with Gasteiger partial charge in [0.05, 0.1) is 5.41 Å². The summed E-state index contributed by atoms with van der Waals surface area (Å²) < 4.78 is 0. The van der Waals surface area contributed by atoms with Crippen molar-refractivity contribution in [1.82, 2.24) is 0 Å². The average Bonchev–Trinajstić information content (AvgIpc) is 2.42. The molecule has 0 aliphatic heterocycles. The summed E-state index contributed by atoms with van der Waals surface area (Å²) in [6.07, 6.45) is 4.61. The van der Waals surface area contributed by atoms with E-state index in [1.165, 1.54) is 0 Å². The molecule has 0 heterocycles. The van der Waals surface area contributed by atoms with Crippen LogP contribution in [-0.4, -0.2) is 17.1 Å². The first-order valence-electron chi connectivity index (χ1n) is 4.64. The molecule has 12 heavy (non-hydrogen) atoms. The molecule has 3 nitrogen and oxygen atoms in total. The second kappa shape index (κ2) is 2.46. The maximum absolute atomic E-state index is 11.1. The van der Waals surface area contributed by atoms with E-state index in [0.717, 1.165) is 25.7 Å². The first-order valence-corrected chi connectivity index (χ1v) is 4.64. The lowest BCUT2D eigenvalue weighted by molar-refractivity contribution is -0.150. The van der Waals surface area contributed by atoms with Crippen LogP contribution in [0.5, 0.6) is 0 Å². The lowest BCUT2D eigenvalue weighted by Crippen LogP contribution is -2.31. The Hall–Kier alpha value is -0.570. The fourth-order valence-corrected chi connectivity index (χ4v) is 3.04. The van der Waals surface area contributed by atoms with Gasteiger partial charge in [0, 0.05) is 6.04 Å². The summed E-state index contributed by atoms with van der Waals surface area (Å²) in [6, 6.07) is 0.131. The van der Waals surface area contributed by atoms with Crippen LogP contribution in [-0.2, 0) is 4.79 Å². The van der Waals surface area contributed by atoms with Gasteiger partial charge >= 0.3 is 5.97 Å². The molecular formula is C9H15NO2. The van der Waals surface area contributed by atoms with Crippen molar-refractivity contribution in [3.63, 3.8) is 0 Å². The quantitative estimate of drug-likeness (QED) is 0.615. The van der Waals surface area contributed by atoms with E-state index < -0.39 is 11.4 Å². The molecule has 3 N–H and O–H groups in total. The van der Waals surface area contributed by atoms with Crippen molar-refractivity contribution in [2.24, 2.45) is 17.1 Å². The normalized spacial score (nSPS) is 46.1. The van der Waals surface area contributed by atoms with Crippen molar-refractivity contribution < 1.29 is 9.90 Å². The average molecular weight is 169 g/mol. The molecule has 3 heteroatoms. The molecule has 2 aliphatic carbocycles. The van der Waals surface area contributed by atoms with Gasteiger partial charge in [0.25, 0.3) is 0 Å². The lowest BCUT2D eigenvalue weighted by atomic mass is 9.80. The molecule has 2 saturated carbocycles. The zero-order valence-corrected chi connectivity index (χ0v) is 7.12. The first kappa shape index (κ1) is 8.05. The van der Waals surface area contributed by atoms with E-state index in [2.05, 4.69) is 0 Å². The summed E-state index contributed by atoms with van der Waals surface area (Å²) in [7, 11) is 0. The molecule has 0 bridgehead atoms. The van der Waals surface area contributed by atoms with Crippen molar-refractivity contribution in [3.8, 4) is 0 Å². The van der Waals surface area contributed by atoms with Crippen LogP contribution in [0.4, 0.5) is 0 Å². The van der Waals surface area contributed by atoms with Crippen molar-refractivity contribution in [2.45, 2.75) is 38.1 Å². The van der Waals surface area contributed by atoms with Crippen molar-refractivity contribution >= 4 is 5.97 Å². The van der Waals surface area contributed by atoms with Crippen LogP contribution < -0.4 is 5.73 Å². The Kier molecular flexibility index (Phi) is 1.65. The van der Waals surface area contributed by atoms with E-state index >= 15 is 0 Å². The van der Waals surface area contributed by atoms with Gasteiger partial charge in [-0.1, -0.05) is 6.42 Å². The van der Waals surface area contributed by atoms with Crippen LogP contribution in [0.2, 0.25) is 0 Å². The fraction of sp³-hybridized carbons (Fsp3) is 0.889. The maximum atomic E-state index is 11.1. The molecule has 0 saturated heterocycles. The van der Waals surface area contributed by atoms with Crippen LogP contribution in [0.1, 0.15) is 32.1 Å². The molecule has 2 rings (SSSR count). The lowest BCUT2D eigenvalue weighted by Gasteiger charge is -2.23. The first-order chi connectivity index (χ1) is 5.65. The largest absolute Gasteiger partial charge is 0.481 e. The smallest absolute Gasteiger partial charge is 0.309 e. The Balaban J connectivity index is 2.26. The van der Waals surface area contributed by atoms with E-state index in [0.29, 0.717) is 12.3 Å². The van der Waals surface area contributed by atoms with Gasteiger partial charge in [-0.2, -0.15) is 0 Å². The third-order valence-electron chi connectivity index (χ3n) is 3.60. The van der Waals surface area contributed by atoms with E-state index in [9.17, 15) is 4.79 Å². The number of nitrogens with two attached hydrogens (primary N) is 1. The molecule has 3 atom stereocenters. The predicted octanol–water partition coefficient (Wildman–Crippen LogP) is 0.979. The number of carboxylic acid groups (broad SMARTS) is 1. The summed E-state index contributed by atoms with van der Waals surface area (Å²) in [6.45, 7) is 0. The minimum absolute atomic E-state index is 0.131. The minimum Gasteiger partial charge on any atom is -0.481 e. The zero-order chi connectivity index (χ0) is 8.77. The number of fused-ring (bicyclic) bond motifs is 1. The monoisotopic (exact) mass is 169 g/mol. The maximum Gasteiger partial charge on any atom is 0.309 e. The Morgan fingerprint density at radius 2 is 2.33 bits per heavy atom. The highest BCUT2D eigenvalue weighted by Gasteiger charge is 2.54. The van der Waals surface area contributed by atoms with Gasteiger partial charge in [0.1, 0.15) is 0 Å². The van der Waals surface area contributed by atoms with Crippen LogP contribution in [0.3, 0.4) is 0 Å². The topological polar surface area (TPSA) is 63.3 Å². The molecule has 0 aromatic rings. The third-order valence-corrected chi connectivity index (χ3v) is 3.60. The molecule has 0 radical (unpaired) electrons. The van der Waals surface area contributed by atoms with Gasteiger partial charge in [0.15, 0.2) is 0 Å². The fourth-order valence-electron chi connectivity index (χ4n) is 3.04. The zero-order valence-electron chi connectivity index (χ0n) is 7.12. The number of aliphatic carboxylic acids is 1. The minimum atomic E-state index is -0.613. The summed E-state index contributed by atoms with van der Waals surface area (Å²) >= 11 is 0. The number of hydrogen-bond acceptors (Lipinski definition) is 2. The number of hydrogen-bond donors (Lipinski definition) is 2.